The molecular formula is C12H23NO3. The summed E-state index contributed by atoms with van der Waals surface area (Å²) < 4.78 is 10.6. The first-order valence-corrected chi connectivity index (χ1v) is 5.99. The van der Waals surface area contributed by atoms with Gasteiger partial charge in [-0.2, -0.15) is 0 Å². The molecule has 4 nitrogen and oxygen atoms in total. The van der Waals surface area contributed by atoms with E-state index in [1.54, 1.807) is 0 Å². The van der Waals surface area contributed by atoms with E-state index in [9.17, 15) is 4.79 Å². The molecule has 0 aromatic carbocycles. The smallest absolute Gasteiger partial charge is 0.307 e. The van der Waals surface area contributed by atoms with Crippen LogP contribution in [0, 0.1) is 0 Å². The fourth-order valence-corrected chi connectivity index (χ4v) is 1.66. The monoisotopic (exact) mass is 229 g/mol. The molecule has 0 atom stereocenters. The summed E-state index contributed by atoms with van der Waals surface area (Å²) in [5.74, 6) is -0.113. The lowest BCUT2D eigenvalue weighted by Crippen LogP contribution is -2.31. The largest absolute Gasteiger partial charge is 0.460 e. The van der Waals surface area contributed by atoms with Crippen LogP contribution in [-0.2, 0) is 14.3 Å². The molecule has 0 unspecified atom stereocenters. The molecule has 0 amide bonds. The summed E-state index contributed by atoms with van der Waals surface area (Å²) in [4.78, 5) is 13.8. The number of carbonyl (C=O) groups excluding carboxylic acids is 1. The van der Waals surface area contributed by atoms with Crippen LogP contribution in [-0.4, -0.2) is 49.3 Å². The van der Waals surface area contributed by atoms with Crippen molar-refractivity contribution >= 4 is 5.97 Å². The minimum atomic E-state index is -0.376. The van der Waals surface area contributed by atoms with Gasteiger partial charge in [-0.25, -0.2) is 0 Å². The number of hydrogen-bond donors (Lipinski definition) is 0. The molecule has 0 aliphatic carbocycles. The maximum absolute atomic E-state index is 11.5. The Morgan fingerprint density at radius 3 is 2.75 bits per heavy atom. The topological polar surface area (TPSA) is 38.8 Å². The van der Waals surface area contributed by atoms with Crippen molar-refractivity contribution < 1.29 is 14.3 Å². The summed E-state index contributed by atoms with van der Waals surface area (Å²) in [7, 11) is 0. The summed E-state index contributed by atoms with van der Waals surface area (Å²) in [5, 5.41) is 0. The van der Waals surface area contributed by atoms with Crippen molar-refractivity contribution in [3.63, 3.8) is 0 Å². The first kappa shape index (κ1) is 13.5. The van der Waals surface area contributed by atoms with Gasteiger partial charge in [-0.15, -0.1) is 0 Å². The molecule has 0 bridgehead atoms. The first-order valence-electron chi connectivity index (χ1n) is 5.99. The zero-order valence-electron chi connectivity index (χ0n) is 10.6. The number of carbonyl (C=O) groups is 1. The Hall–Kier alpha value is -0.610. The molecule has 94 valence electrons. The quantitative estimate of drug-likeness (QED) is 0.686. The second-order valence-corrected chi connectivity index (χ2v) is 5.14. The Morgan fingerprint density at radius 2 is 2.06 bits per heavy atom. The van der Waals surface area contributed by atoms with E-state index in [1.165, 1.54) is 0 Å². The molecular weight excluding hydrogens is 206 g/mol. The van der Waals surface area contributed by atoms with Crippen LogP contribution in [0.4, 0.5) is 0 Å². The van der Waals surface area contributed by atoms with Crippen molar-refractivity contribution in [2.24, 2.45) is 0 Å². The molecule has 0 spiro atoms. The van der Waals surface area contributed by atoms with Gasteiger partial charge in [0.15, 0.2) is 0 Å². The average molecular weight is 229 g/mol. The summed E-state index contributed by atoms with van der Waals surface area (Å²) in [6.45, 7) is 10.0. The number of esters is 1. The van der Waals surface area contributed by atoms with E-state index in [4.69, 9.17) is 9.47 Å². The van der Waals surface area contributed by atoms with Gasteiger partial charge in [0.05, 0.1) is 13.0 Å². The fraction of sp³-hybridized carbons (Fsp3) is 0.917. The van der Waals surface area contributed by atoms with Gasteiger partial charge in [0.2, 0.25) is 0 Å². The number of nitrogens with zero attached hydrogens (tertiary/aromatic N) is 1. The zero-order chi connectivity index (χ0) is 12.0. The lowest BCUT2D eigenvalue weighted by Gasteiger charge is -2.22. The summed E-state index contributed by atoms with van der Waals surface area (Å²) in [6.07, 6.45) is 1.52. The highest BCUT2D eigenvalue weighted by Gasteiger charge is 2.17. The molecule has 1 fully saturated rings. The lowest BCUT2D eigenvalue weighted by atomic mass is 10.2. The van der Waals surface area contributed by atoms with Crippen LogP contribution in [0.5, 0.6) is 0 Å². The van der Waals surface area contributed by atoms with Gasteiger partial charge in [0, 0.05) is 26.2 Å². The molecule has 16 heavy (non-hydrogen) atoms. The summed E-state index contributed by atoms with van der Waals surface area (Å²) >= 11 is 0. The SMILES string of the molecule is CC(C)(C)OC(=O)CCN1CCCOCC1. The molecule has 1 rings (SSSR count). The molecule has 1 saturated heterocycles. The van der Waals surface area contributed by atoms with Crippen LogP contribution >= 0.6 is 0 Å². The van der Waals surface area contributed by atoms with Gasteiger partial charge >= 0.3 is 5.97 Å². The van der Waals surface area contributed by atoms with E-state index in [1.807, 2.05) is 20.8 Å². The third kappa shape index (κ3) is 6.08. The standard InChI is InChI=1S/C12H23NO3/c1-12(2,3)16-11(14)5-7-13-6-4-9-15-10-8-13/h4-10H2,1-3H3. The van der Waals surface area contributed by atoms with E-state index in [0.29, 0.717) is 6.42 Å². The molecule has 1 aliphatic heterocycles. The minimum absolute atomic E-state index is 0.113. The second kappa shape index (κ2) is 6.21. The van der Waals surface area contributed by atoms with Gasteiger partial charge in [-0.1, -0.05) is 0 Å². The average Bonchev–Trinajstić information content (AvgIpc) is 2.39. The molecule has 0 N–H and O–H groups in total. The summed E-state index contributed by atoms with van der Waals surface area (Å²) in [5.41, 5.74) is -0.376. The van der Waals surface area contributed by atoms with Crippen molar-refractivity contribution in [3.8, 4) is 0 Å². The Kier molecular flexibility index (Phi) is 5.22. The van der Waals surface area contributed by atoms with Crippen molar-refractivity contribution in [2.45, 2.75) is 39.2 Å². The Bertz CT molecular complexity index is 215. The van der Waals surface area contributed by atoms with Crippen LogP contribution < -0.4 is 0 Å². The van der Waals surface area contributed by atoms with Crippen molar-refractivity contribution in [1.82, 2.24) is 4.90 Å². The molecule has 0 radical (unpaired) electrons. The van der Waals surface area contributed by atoms with Crippen LogP contribution in [0.15, 0.2) is 0 Å². The Morgan fingerprint density at radius 1 is 1.31 bits per heavy atom. The van der Waals surface area contributed by atoms with Crippen LogP contribution in [0.3, 0.4) is 0 Å². The molecule has 0 saturated carbocycles. The van der Waals surface area contributed by atoms with E-state index in [2.05, 4.69) is 4.90 Å². The van der Waals surface area contributed by atoms with Gasteiger partial charge in [0.25, 0.3) is 0 Å². The lowest BCUT2D eigenvalue weighted by molar-refractivity contribution is -0.155. The van der Waals surface area contributed by atoms with E-state index < -0.39 is 0 Å². The molecule has 1 aliphatic rings. The number of ether oxygens (including phenoxy) is 2. The number of rotatable bonds is 3. The van der Waals surface area contributed by atoms with Crippen molar-refractivity contribution in [1.29, 1.82) is 0 Å². The van der Waals surface area contributed by atoms with Crippen molar-refractivity contribution in [3.05, 3.63) is 0 Å². The molecule has 1 heterocycles. The minimum Gasteiger partial charge on any atom is -0.460 e. The maximum atomic E-state index is 11.5. The fourth-order valence-electron chi connectivity index (χ4n) is 1.66. The highest BCUT2D eigenvalue weighted by molar-refractivity contribution is 5.70. The molecule has 0 aromatic heterocycles. The predicted octanol–water partition coefficient (Wildman–Crippen LogP) is 1.44. The van der Waals surface area contributed by atoms with Crippen LogP contribution in [0.25, 0.3) is 0 Å². The highest BCUT2D eigenvalue weighted by atomic mass is 16.6. The van der Waals surface area contributed by atoms with Gasteiger partial charge in [-0.3, -0.25) is 4.79 Å². The Labute approximate surface area is 97.9 Å². The number of hydrogen-bond acceptors (Lipinski definition) is 4. The van der Waals surface area contributed by atoms with E-state index in [0.717, 1.165) is 39.3 Å². The van der Waals surface area contributed by atoms with Gasteiger partial charge in [-0.05, 0) is 27.2 Å². The van der Waals surface area contributed by atoms with E-state index in [-0.39, 0.29) is 11.6 Å². The van der Waals surface area contributed by atoms with Gasteiger partial charge in [0.1, 0.15) is 5.60 Å². The Balaban J connectivity index is 2.20. The maximum Gasteiger partial charge on any atom is 0.307 e. The second-order valence-electron chi connectivity index (χ2n) is 5.14. The molecule has 0 aromatic rings. The third-order valence-corrected chi connectivity index (χ3v) is 2.37. The zero-order valence-corrected chi connectivity index (χ0v) is 10.6. The first-order chi connectivity index (χ1) is 7.47. The van der Waals surface area contributed by atoms with Crippen LogP contribution in [0.2, 0.25) is 0 Å². The predicted molar refractivity (Wildman–Crippen MR) is 62.3 cm³/mol. The van der Waals surface area contributed by atoms with Crippen molar-refractivity contribution in [2.75, 3.05) is 32.8 Å². The highest BCUT2D eigenvalue weighted by Crippen LogP contribution is 2.09. The van der Waals surface area contributed by atoms with Crippen LogP contribution in [0.1, 0.15) is 33.6 Å². The van der Waals surface area contributed by atoms with E-state index >= 15 is 0 Å². The molecule has 4 heteroatoms. The normalized spacial score (nSPS) is 19.2. The summed E-state index contributed by atoms with van der Waals surface area (Å²) in [6, 6.07) is 0. The third-order valence-electron chi connectivity index (χ3n) is 2.37. The van der Waals surface area contributed by atoms with Gasteiger partial charge < -0.3 is 14.4 Å².